The van der Waals surface area contributed by atoms with Crippen LogP contribution in [0.4, 0.5) is 5.82 Å². The Morgan fingerprint density at radius 2 is 1.88 bits per heavy atom. The van der Waals surface area contributed by atoms with Gasteiger partial charge in [-0.15, -0.1) is 0 Å². The molecule has 0 aromatic carbocycles. The van der Waals surface area contributed by atoms with Crippen LogP contribution in [0.2, 0.25) is 0 Å². The second-order valence-corrected chi connectivity index (χ2v) is 5.57. The van der Waals surface area contributed by atoms with Crippen LogP contribution in [0.3, 0.4) is 0 Å². The molecule has 1 saturated heterocycles. The first kappa shape index (κ1) is 12.3. The van der Waals surface area contributed by atoms with Gasteiger partial charge in [-0.3, -0.25) is 4.90 Å². The van der Waals surface area contributed by atoms with Crippen molar-refractivity contribution < 1.29 is 0 Å². The van der Waals surface area contributed by atoms with Crippen molar-refractivity contribution in [1.29, 1.82) is 0 Å². The molecular formula is C13H22N4. The number of nitrogens with zero attached hydrogens (tertiary/aromatic N) is 4. The third-order valence-electron chi connectivity index (χ3n) is 3.59. The van der Waals surface area contributed by atoms with E-state index in [9.17, 15) is 0 Å². The van der Waals surface area contributed by atoms with Crippen molar-refractivity contribution in [2.45, 2.75) is 33.2 Å². The molecule has 2 rings (SSSR count). The Balaban J connectivity index is 2.23. The molecule has 0 atom stereocenters. The minimum Gasteiger partial charge on any atom is -0.353 e. The van der Waals surface area contributed by atoms with Crippen molar-refractivity contribution in [3.8, 4) is 0 Å². The summed E-state index contributed by atoms with van der Waals surface area (Å²) in [5.74, 6) is 1.92. The first-order valence-corrected chi connectivity index (χ1v) is 6.17. The Morgan fingerprint density at radius 1 is 1.18 bits per heavy atom. The molecule has 1 aliphatic rings. The van der Waals surface area contributed by atoms with Crippen LogP contribution in [0.15, 0.2) is 6.07 Å². The Hall–Kier alpha value is -1.16. The maximum atomic E-state index is 4.54. The highest BCUT2D eigenvalue weighted by Gasteiger charge is 2.31. The Labute approximate surface area is 104 Å². The quantitative estimate of drug-likeness (QED) is 0.739. The molecule has 1 fully saturated rings. The van der Waals surface area contributed by atoms with Gasteiger partial charge in [-0.25, -0.2) is 9.97 Å². The van der Waals surface area contributed by atoms with Crippen LogP contribution in [0.1, 0.15) is 25.4 Å². The number of aromatic nitrogens is 2. The van der Waals surface area contributed by atoms with Gasteiger partial charge in [0, 0.05) is 36.9 Å². The Morgan fingerprint density at radius 3 is 2.47 bits per heavy atom. The first-order valence-electron chi connectivity index (χ1n) is 6.17. The van der Waals surface area contributed by atoms with Gasteiger partial charge in [-0.05, 0) is 34.7 Å². The highest BCUT2D eigenvalue weighted by atomic mass is 15.3. The molecule has 4 nitrogen and oxygen atoms in total. The van der Waals surface area contributed by atoms with Crippen LogP contribution in [-0.4, -0.2) is 47.1 Å². The number of aryl methyl sites for hydroxylation is 2. The van der Waals surface area contributed by atoms with Crippen LogP contribution in [0.25, 0.3) is 0 Å². The van der Waals surface area contributed by atoms with E-state index in [1.807, 2.05) is 13.8 Å². The van der Waals surface area contributed by atoms with Gasteiger partial charge in [0.1, 0.15) is 11.6 Å². The van der Waals surface area contributed by atoms with E-state index in [4.69, 9.17) is 0 Å². The van der Waals surface area contributed by atoms with Crippen molar-refractivity contribution in [3.63, 3.8) is 0 Å². The molecule has 94 valence electrons. The van der Waals surface area contributed by atoms with E-state index in [1.165, 1.54) is 0 Å². The van der Waals surface area contributed by atoms with Crippen molar-refractivity contribution in [2.75, 3.05) is 31.6 Å². The SMILES string of the molecule is Cc1cc(N2CCN(C)C(C)(C)C2)nc(C)n1. The maximum Gasteiger partial charge on any atom is 0.132 e. The molecular weight excluding hydrogens is 212 g/mol. The zero-order valence-corrected chi connectivity index (χ0v) is 11.5. The zero-order valence-electron chi connectivity index (χ0n) is 11.5. The molecule has 4 heteroatoms. The van der Waals surface area contributed by atoms with E-state index in [0.717, 1.165) is 37.0 Å². The fraction of sp³-hybridized carbons (Fsp3) is 0.692. The van der Waals surface area contributed by atoms with Gasteiger partial charge in [0.2, 0.25) is 0 Å². The van der Waals surface area contributed by atoms with Crippen molar-refractivity contribution in [3.05, 3.63) is 17.6 Å². The molecule has 1 aromatic rings. The minimum atomic E-state index is 0.199. The summed E-state index contributed by atoms with van der Waals surface area (Å²) in [5, 5.41) is 0. The summed E-state index contributed by atoms with van der Waals surface area (Å²) in [5.41, 5.74) is 1.25. The van der Waals surface area contributed by atoms with E-state index in [-0.39, 0.29) is 5.54 Å². The predicted molar refractivity (Wildman–Crippen MR) is 70.4 cm³/mol. The molecule has 0 amide bonds. The predicted octanol–water partition coefficient (Wildman–Crippen LogP) is 1.62. The maximum absolute atomic E-state index is 4.54. The summed E-state index contributed by atoms with van der Waals surface area (Å²) in [6.45, 7) is 11.7. The molecule has 0 radical (unpaired) electrons. The van der Waals surface area contributed by atoms with Crippen LogP contribution in [0.5, 0.6) is 0 Å². The molecule has 0 unspecified atom stereocenters. The lowest BCUT2D eigenvalue weighted by atomic mass is 10.00. The van der Waals surface area contributed by atoms with Crippen molar-refractivity contribution >= 4 is 5.82 Å². The van der Waals surface area contributed by atoms with Crippen molar-refractivity contribution in [1.82, 2.24) is 14.9 Å². The van der Waals surface area contributed by atoms with Gasteiger partial charge in [0.15, 0.2) is 0 Å². The summed E-state index contributed by atoms with van der Waals surface area (Å²) in [6, 6.07) is 2.08. The molecule has 1 aromatic heterocycles. The number of hydrogen-bond acceptors (Lipinski definition) is 4. The van der Waals surface area contributed by atoms with Crippen molar-refractivity contribution in [2.24, 2.45) is 0 Å². The largest absolute Gasteiger partial charge is 0.353 e. The lowest BCUT2D eigenvalue weighted by Gasteiger charge is -2.45. The zero-order chi connectivity index (χ0) is 12.6. The number of piperazine rings is 1. The average molecular weight is 234 g/mol. The van der Waals surface area contributed by atoms with E-state index in [2.05, 4.69) is 46.7 Å². The van der Waals surface area contributed by atoms with E-state index < -0.39 is 0 Å². The molecule has 17 heavy (non-hydrogen) atoms. The monoisotopic (exact) mass is 234 g/mol. The van der Waals surface area contributed by atoms with Crippen LogP contribution in [0, 0.1) is 13.8 Å². The number of rotatable bonds is 1. The molecule has 1 aliphatic heterocycles. The van der Waals surface area contributed by atoms with Gasteiger partial charge >= 0.3 is 0 Å². The third-order valence-corrected chi connectivity index (χ3v) is 3.59. The standard InChI is InChI=1S/C13H22N4/c1-10-8-12(15-11(2)14-10)17-7-6-16(5)13(3,4)9-17/h8H,6-7,9H2,1-5H3. The van der Waals surface area contributed by atoms with E-state index in [0.29, 0.717) is 0 Å². The molecule has 2 heterocycles. The first-order chi connectivity index (χ1) is 7.88. The Bertz CT molecular complexity index is 394. The molecule has 0 aliphatic carbocycles. The summed E-state index contributed by atoms with van der Waals surface area (Å²) < 4.78 is 0. The normalized spacial score (nSPS) is 20.6. The lowest BCUT2D eigenvalue weighted by molar-refractivity contribution is 0.138. The molecule has 0 bridgehead atoms. The second kappa shape index (κ2) is 4.26. The minimum absolute atomic E-state index is 0.199. The van der Waals surface area contributed by atoms with Crippen LogP contribution in [-0.2, 0) is 0 Å². The highest BCUT2D eigenvalue weighted by Crippen LogP contribution is 2.23. The van der Waals surface area contributed by atoms with E-state index >= 15 is 0 Å². The van der Waals surface area contributed by atoms with Gasteiger partial charge in [0.25, 0.3) is 0 Å². The highest BCUT2D eigenvalue weighted by molar-refractivity contribution is 5.41. The topological polar surface area (TPSA) is 32.3 Å². The molecule has 0 spiro atoms. The van der Waals surface area contributed by atoms with Gasteiger partial charge in [0.05, 0.1) is 0 Å². The smallest absolute Gasteiger partial charge is 0.132 e. The molecule has 0 saturated carbocycles. The van der Waals surface area contributed by atoms with Crippen LogP contribution >= 0.6 is 0 Å². The lowest BCUT2D eigenvalue weighted by Crippen LogP contribution is -2.57. The fourth-order valence-electron chi connectivity index (χ4n) is 2.30. The van der Waals surface area contributed by atoms with Gasteiger partial charge < -0.3 is 4.90 Å². The summed E-state index contributed by atoms with van der Waals surface area (Å²) in [4.78, 5) is 13.6. The second-order valence-electron chi connectivity index (χ2n) is 5.57. The summed E-state index contributed by atoms with van der Waals surface area (Å²) in [7, 11) is 2.19. The van der Waals surface area contributed by atoms with Crippen LogP contribution < -0.4 is 4.90 Å². The summed E-state index contributed by atoms with van der Waals surface area (Å²) in [6.07, 6.45) is 0. The van der Waals surface area contributed by atoms with Gasteiger partial charge in [-0.1, -0.05) is 0 Å². The number of anilines is 1. The fourth-order valence-corrected chi connectivity index (χ4v) is 2.30. The number of likely N-dealkylation sites (N-methyl/N-ethyl adjacent to an activating group) is 1. The van der Waals surface area contributed by atoms with Gasteiger partial charge in [-0.2, -0.15) is 0 Å². The third kappa shape index (κ3) is 2.57. The molecule has 0 N–H and O–H groups in total. The summed E-state index contributed by atoms with van der Waals surface area (Å²) >= 11 is 0. The Kier molecular flexibility index (Phi) is 3.08. The average Bonchev–Trinajstić information content (AvgIpc) is 2.20. The van der Waals surface area contributed by atoms with E-state index in [1.54, 1.807) is 0 Å². The number of hydrogen-bond donors (Lipinski definition) is 0.